The van der Waals surface area contributed by atoms with Gasteiger partial charge in [0.05, 0.1) is 12.7 Å². The lowest BCUT2D eigenvalue weighted by Crippen LogP contribution is -2.38. The second kappa shape index (κ2) is 6.19. The van der Waals surface area contributed by atoms with E-state index in [9.17, 15) is 0 Å². The number of rotatable bonds is 8. The zero-order valence-electron chi connectivity index (χ0n) is 10.4. The Labute approximate surface area is 98.4 Å². The maximum absolute atomic E-state index is 8.77. The van der Waals surface area contributed by atoms with Crippen LogP contribution in [0.4, 0.5) is 0 Å². The molecule has 1 unspecified atom stereocenters. The molecule has 2 N–H and O–H groups in total. The first-order chi connectivity index (χ1) is 7.53. The van der Waals surface area contributed by atoms with Gasteiger partial charge in [0.15, 0.2) is 0 Å². The van der Waals surface area contributed by atoms with Gasteiger partial charge in [0.25, 0.3) is 0 Å². The van der Waals surface area contributed by atoms with Crippen LogP contribution in [0.3, 0.4) is 0 Å². The van der Waals surface area contributed by atoms with Gasteiger partial charge >= 0.3 is 0 Å². The van der Waals surface area contributed by atoms with Crippen molar-refractivity contribution in [1.29, 1.82) is 5.26 Å². The Morgan fingerprint density at radius 3 is 2.75 bits per heavy atom. The van der Waals surface area contributed by atoms with E-state index in [0.29, 0.717) is 6.42 Å². The minimum Gasteiger partial charge on any atom is -0.380 e. The molecule has 0 aromatic rings. The standard InChI is InChI=1S/C12H23N3O/c1-12(14,10-13)5-6-15(2)7-8-16-9-11-3-4-11/h11H,3-9,14H2,1-2H3. The summed E-state index contributed by atoms with van der Waals surface area (Å²) in [6.45, 7) is 5.22. The van der Waals surface area contributed by atoms with Gasteiger partial charge in [0.2, 0.25) is 0 Å². The predicted molar refractivity (Wildman–Crippen MR) is 63.9 cm³/mol. The van der Waals surface area contributed by atoms with Crippen molar-refractivity contribution in [3.63, 3.8) is 0 Å². The van der Waals surface area contributed by atoms with Crippen LogP contribution in [0.25, 0.3) is 0 Å². The Hall–Kier alpha value is -0.630. The van der Waals surface area contributed by atoms with Gasteiger partial charge in [-0.2, -0.15) is 5.26 Å². The van der Waals surface area contributed by atoms with Crippen molar-refractivity contribution in [2.24, 2.45) is 11.7 Å². The highest BCUT2D eigenvalue weighted by Gasteiger charge is 2.21. The van der Waals surface area contributed by atoms with E-state index in [2.05, 4.69) is 11.0 Å². The van der Waals surface area contributed by atoms with Crippen LogP contribution in [0, 0.1) is 17.2 Å². The van der Waals surface area contributed by atoms with Gasteiger partial charge in [-0.15, -0.1) is 0 Å². The maximum atomic E-state index is 8.77. The summed E-state index contributed by atoms with van der Waals surface area (Å²) in [4.78, 5) is 2.16. The van der Waals surface area contributed by atoms with Gasteiger partial charge in [-0.25, -0.2) is 0 Å². The number of ether oxygens (including phenoxy) is 1. The van der Waals surface area contributed by atoms with Crippen LogP contribution in [0.15, 0.2) is 0 Å². The molecule has 92 valence electrons. The van der Waals surface area contributed by atoms with E-state index in [4.69, 9.17) is 15.7 Å². The molecular weight excluding hydrogens is 202 g/mol. The van der Waals surface area contributed by atoms with E-state index in [0.717, 1.165) is 32.2 Å². The highest BCUT2D eigenvalue weighted by atomic mass is 16.5. The Bertz CT molecular complexity index is 243. The molecular formula is C12H23N3O. The monoisotopic (exact) mass is 225 g/mol. The topological polar surface area (TPSA) is 62.3 Å². The molecule has 0 radical (unpaired) electrons. The van der Waals surface area contributed by atoms with Crippen LogP contribution in [-0.2, 0) is 4.74 Å². The fourth-order valence-electron chi connectivity index (χ4n) is 1.35. The Morgan fingerprint density at radius 1 is 1.50 bits per heavy atom. The zero-order chi connectivity index (χ0) is 12.0. The summed E-state index contributed by atoms with van der Waals surface area (Å²) in [5.74, 6) is 0.830. The third-order valence-corrected chi connectivity index (χ3v) is 2.94. The largest absolute Gasteiger partial charge is 0.380 e. The fraction of sp³-hybridized carbons (Fsp3) is 0.917. The van der Waals surface area contributed by atoms with E-state index in [1.807, 2.05) is 7.05 Å². The lowest BCUT2D eigenvalue weighted by atomic mass is 10.0. The van der Waals surface area contributed by atoms with Crippen LogP contribution in [-0.4, -0.2) is 43.8 Å². The number of nitrogens with zero attached hydrogens (tertiary/aromatic N) is 2. The average molecular weight is 225 g/mol. The Morgan fingerprint density at radius 2 is 2.19 bits per heavy atom. The molecule has 0 spiro atoms. The first-order valence-corrected chi connectivity index (χ1v) is 6.00. The molecule has 0 aliphatic heterocycles. The molecule has 0 amide bonds. The minimum atomic E-state index is -0.705. The molecule has 16 heavy (non-hydrogen) atoms. The van der Waals surface area contributed by atoms with E-state index in [1.165, 1.54) is 12.8 Å². The lowest BCUT2D eigenvalue weighted by Gasteiger charge is -2.21. The molecule has 4 heteroatoms. The fourth-order valence-corrected chi connectivity index (χ4v) is 1.35. The number of nitriles is 1. The van der Waals surface area contributed by atoms with Gasteiger partial charge in [-0.05, 0) is 39.2 Å². The lowest BCUT2D eigenvalue weighted by molar-refractivity contribution is 0.102. The summed E-state index contributed by atoms with van der Waals surface area (Å²) in [5.41, 5.74) is 5.04. The molecule has 1 atom stereocenters. The molecule has 0 aromatic carbocycles. The van der Waals surface area contributed by atoms with E-state index < -0.39 is 5.54 Å². The summed E-state index contributed by atoms with van der Waals surface area (Å²) < 4.78 is 5.55. The highest BCUT2D eigenvalue weighted by molar-refractivity contribution is 5.00. The molecule has 4 nitrogen and oxygen atoms in total. The van der Waals surface area contributed by atoms with Crippen molar-refractivity contribution >= 4 is 0 Å². The van der Waals surface area contributed by atoms with Crippen molar-refractivity contribution in [2.45, 2.75) is 31.7 Å². The quantitative estimate of drug-likeness (QED) is 0.625. The van der Waals surface area contributed by atoms with Gasteiger partial charge in [-0.3, -0.25) is 0 Å². The minimum absolute atomic E-state index is 0.697. The van der Waals surface area contributed by atoms with Gasteiger partial charge < -0.3 is 15.4 Å². The van der Waals surface area contributed by atoms with Gasteiger partial charge in [0.1, 0.15) is 5.54 Å². The van der Waals surface area contributed by atoms with Gasteiger partial charge in [0, 0.05) is 19.7 Å². The summed E-state index contributed by atoms with van der Waals surface area (Å²) >= 11 is 0. The van der Waals surface area contributed by atoms with Gasteiger partial charge in [-0.1, -0.05) is 0 Å². The van der Waals surface area contributed by atoms with Crippen molar-refractivity contribution < 1.29 is 4.74 Å². The SMILES string of the molecule is CN(CCOCC1CC1)CCC(C)(N)C#N. The molecule has 0 heterocycles. The molecule has 1 aliphatic rings. The molecule has 1 rings (SSSR count). The van der Waals surface area contributed by atoms with Crippen molar-refractivity contribution in [3.8, 4) is 6.07 Å². The second-order valence-electron chi connectivity index (χ2n) is 5.10. The Balaban J connectivity index is 1.97. The molecule has 0 aromatic heterocycles. The average Bonchev–Trinajstić information content (AvgIpc) is 3.06. The first-order valence-electron chi connectivity index (χ1n) is 6.00. The molecule has 1 saturated carbocycles. The number of hydrogen-bond donors (Lipinski definition) is 1. The zero-order valence-corrected chi connectivity index (χ0v) is 10.4. The number of nitrogens with two attached hydrogens (primary N) is 1. The highest BCUT2D eigenvalue weighted by Crippen LogP contribution is 2.28. The molecule has 0 bridgehead atoms. The van der Waals surface area contributed by atoms with Crippen molar-refractivity contribution in [3.05, 3.63) is 0 Å². The summed E-state index contributed by atoms with van der Waals surface area (Å²) in [7, 11) is 2.04. The van der Waals surface area contributed by atoms with Crippen LogP contribution in [0.5, 0.6) is 0 Å². The van der Waals surface area contributed by atoms with E-state index in [-0.39, 0.29) is 0 Å². The normalized spacial score (nSPS) is 19.4. The Kier molecular flexibility index (Phi) is 5.20. The van der Waals surface area contributed by atoms with Crippen LogP contribution in [0.1, 0.15) is 26.2 Å². The number of likely N-dealkylation sites (N-methyl/N-ethyl adjacent to an activating group) is 1. The number of hydrogen-bond acceptors (Lipinski definition) is 4. The third-order valence-electron chi connectivity index (χ3n) is 2.94. The second-order valence-corrected chi connectivity index (χ2v) is 5.10. The van der Waals surface area contributed by atoms with Crippen molar-refractivity contribution in [2.75, 3.05) is 33.4 Å². The van der Waals surface area contributed by atoms with E-state index >= 15 is 0 Å². The third kappa shape index (κ3) is 6.06. The van der Waals surface area contributed by atoms with Crippen molar-refractivity contribution in [1.82, 2.24) is 4.90 Å². The van der Waals surface area contributed by atoms with E-state index in [1.54, 1.807) is 6.92 Å². The smallest absolute Gasteiger partial charge is 0.102 e. The summed E-state index contributed by atoms with van der Waals surface area (Å²) in [6, 6.07) is 2.11. The molecule has 0 saturated heterocycles. The molecule has 1 fully saturated rings. The van der Waals surface area contributed by atoms with Crippen LogP contribution in [0.2, 0.25) is 0 Å². The van der Waals surface area contributed by atoms with Crippen LogP contribution >= 0.6 is 0 Å². The first kappa shape index (κ1) is 13.4. The summed E-state index contributed by atoms with van der Waals surface area (Å²) in [5, 5.41) is 8.77. The maximum Gasteiger partial charge on any atom is 0.102 e. The van der Waals surface area contributed by atoms with Crippen LogP contribution < -0.4 is 5.73 Å². The molecule has 1 aliphatic carbocycles. The predicted octanol–water partition coefficient (Wildman–Crippen LogP) is 0.976. The summed E-state index contributed by atoms with van der Waals surface area (Å²) in [6.07, 6.45) is 3.37.